The number of aryl methyl sites for hydroxylation is 1. The maximum Gasteiger partial charge on any atom is 0.357 e. The topological polar surface area (TPSA) is 54.4 Å². The highest BCUT2D eigenvalue weighted by Gasteiger charge is 2.13. The van der Waals surface area contributed by atoms with E-state index in [4.69, 9.17) is 4.55 Å². The van der Waals surface area contributed by atoms with Gasteiger partial charge >= 0.3 is 21.2 Å². The van der Waals surface area contributed by atoms with Gasteiger partial charge in [-0.05, 0) is 42.8 Å². The van der Waals surface area contributed by atoms with Crippen molar-refractivity contribution in [1.29, 1.82) is 0 Å². The third kappa shape index (κ3) is 6.07. The lowest BCUT2D eigenvalue weighted by molar-refractivity contribution is -0.597. The molecule has 0 aliphatic carbocycles. The largest absolute Gasteiger partial charge is 0.357 e. The lowest BCUT2D eigenvalue weighted by Gasteiger charge is -1.99. The van der Waals surface area contributed by atoms with E-state index in [1.807, 2.05) is 0 Å². The first-order valence-electron chi connectivity index (χ1n) is 7.25. The average Bonchev–Trinajstić information content (AvgIpc) is 2.57. The summed E-state index contributed by atoms with van der Waals surface area (Å²) in [6, 6.07) is 27.7. The van der Waals surface area contributed by atoms with Gasteiger partial charge < -0.3 is 0 Å². The Bertz CT molecular complexity index is 826. The summed E-state index contributed by atoms with van der Waals surface area (Å²) in [6.07, 6.45) is 0. The highest BCUT2D eigenvalue weighted by Crippen LogP contribution is 2.12. The summed E-state index contributed by atoms with van der Waals surface area (Å²) in [5.74, 6) is 0. The van der Waals surface area contributed by atoms with Gasteiger partial charge in [0, 0.05) is 0 Å². The molecule has 0 saturated heterocycles. The second-order valence-electron chi connectivity index (χ2n) is 4.93. The lowest BCUT2D eigenvalue weighted by Crippen LogP contribution is -3.61. The van der Waals surface area contributed by atoms with Crippen LogP contribution in [0.1, 0.15) is 5.56 Å². The minimum atomic E-state index is -4.03. The Labute approximate surface area is 153 Å². The molecule has 0 bridgehead atoms. The Morgan fingerprint density at radius 1 is 0.708 bits per heavy atom. The zero-order valence-electron chi connectivity index (χ0n) is 13.1. The fraction of sp³-hybridized carbons (Fsp3) is 0.0526. The molecule has 0 amide bonds. The SMILES string of the molecule is Cc1ccccc1S(=O)(=O)O.c1ccc([I+]c2ccccc2)cc1. The van der Waals surface area contributed by atoms with Crippen molar-refractivity contribution >= 4 is 10.1 Å². The molecule has 24 heavy (non-hydrogen) atoms. The van der Waals surface area contributed by atoms with Crippen molar-refractivity contribution < 1.29 is 34.2 Å². The van der Waals surface area contributed by atoms with E-state index in [0.717, 1.165) is 0 Å². The predicted octanol–water partition coefficient (Wildman–Crippen LogP) is 1.06. The second-order valence-corrected chi connectivity index (χ2v) is 9.35. The summed E-state index contributed by atoms with van der Waals surface area (Å²) in [4.78, 5) is -0.0278. The number of hydrogen-bond donors (Lipinski definition) is 1. The van der Waals surface area contributed by atoms with Crippen molar-refractivity contribution in [2.24, 2.45) is 0 Å². The normalized spacial score (nSPS) is 10.6. The molecular formula is C19H18IO3S+. The summed E-state index contributed by atoms with van der Waals surface area (Å²) in [6.45, 7) is 1.63. The molecule has 0 radical (unpaired) electrons. The molecule has 0 unspecified atom stereocenters. The molecule has 124 valence electrons. The fourth-order valence-corrected chi connectivity index (χ4v) is 4.92. The van der Waals surface area contributed by atoms with Gasteiger partial charge in [-0.15, -0.1) is 0 Å². The van der Waals surface area contributed by atoms with Gasteiger partial charge in [-0.25, -0.2) is 0 Å². The summed E-state index contributed by atoms with van der Waals surface area (Å²) in [5.41, 5.74) is 0.551. The van der Waals surface area contributed by atoms with E-state index in [9.17, 15) is 8.42 Å². The molecule has 3 aromatic rings. The Morgan fingerprint density at radius 2 is 1.12 bits per heavy atom. The minimum absolute atomic E-state index is 0.0278. The van der Waals surface area contributed by atoms with Crippen LogP contribution in [-0.2, 0) is 10.1 Å². The van der Waals surface area contributed by atoms with Crippen LogP contribution in [0, 0.1) is 14.1 Å². The van der Waals surface area contributed by atoms with Crippen molar-refractivity contribution in [2.45, 2.75) is 11.8 Å². The van der Waals surface area contributed by atoms with Crippen LogP contribution in [0.4, 0.5) is 0 Å². The maximum atomic E-state index is 10.6. The van der Waals surface area contributed by atoms with Gasteiger partial charge in [0.2, 0.25) is 0 Å². The number of halogens is 1. The Kier molecular flexibility index (Phi) is 6.96. The molecule has 1 N–H and O–H groups in total. The van der Waals surface area contributed by atoms with Crippen LogP contribution in [0.15, 0.2) is 89.8 Å². The molecule has 0 fully saturated rings. The van der Waals surface area contributed by atoms with Gasteiger partial charge in [-0.3, -0.25) is 4.55 Å². The quantitative estimate of drug-likeness (QED) is 0.477. The van der Waals surface area contributed by atoms with Gasteiger partial charge in [-0.2, -0.15) is 8.42 Å². The number of hydrogen-bond acceptors (Lipinski definition) is 2. The predicted molar refractivity (Wildman–Crippen MR) is 91.3 cm³/mol. The van der Waals surface area contributed by atoms with Crippen LogP contribution < -0.4 is 21.2 Å². The summed E-state index contributed by atoms with van der Waals surface area (Å²) in [5, 5.41) is 0. The van der Waals surface area contributed by atoms with Gasteiger partial charge in [-0.1, -0.05) is 54.6 Å². The van der Waals surface area contributed by atoms with E-state index < -0.39 is 10.1 Å². The molecule has 0 aliphatic heterocycles. The first-order valence-corrected chi connectivity index (χ1v) is 10.8. The molecule has 0 spiro atoms. The smallest absolute Gasteiger partial charge is 0.282 e. The van der Waals surface area contributed by atoms with E-state index in [1.54, 1.807) is 25.1 Å². The third-order valence-electron chi connectivity index (χ3n) is 3.06. The molecule has 3 nitrogen and oxygen atoms in total. The second kappa shape index (κ2) is 8.96. The highest BCUT2D eigenvalue weighted by atomic mass is 127. The highest BCUT2D eigenvalue weighted by molar-refractivity contribution is 7.85. The zero-order chi connectivity index (χ0) is 17.4. The average molecular weight is 453 g/mol. The first kappa shape index (κ1) is 18.6. The maximum absolute atomic E-state index is 10.6. The lowest BCUT2D eigenvalue weighted by atomic mass is 10.2. The first-order chi connectivity index (χ1) is 11.5. The Morgan fingerprint density at radius 3 is 1.50 bits per heavy atom. The van der Waals surface area contributed by atoms with Crippen LogP contribution >= 0.6 is 0 Å². The summed E-state index contributed by atoms with van der Waals surface area (Å²) < 4.78 is 32.8. The summed E-state index contributed by atoms with van der Waals surface area (Å²) in [7, 11) is -4.03. The molecule has 5 heteroatoms. The molecule has 0 atom stereocenters. The van der Waals surface area contributed by atoms with Crippen LogP contribution in [0.5, 0.6) is 0 Å². The van der Waals surface area contributed by atoms with Gasteiger partial charge in [0.15, 0.2) is 7.14 Å². The van der Waals surface area contributed by atoms with E-state index in [0.29, 0.717) is 5.56 Å². The van der Waals surface area contributed by atoms with Crippen molar-refractivity contribution in [3.8, 4) is 0 Å². The fourth-order valence-electron chi connectivity index (χ4n) is 1.93. The molecular weight excluding hydrogens is 435 g/mol. The van der Waals surface area contributed by atoms with Crippen molar-refractivity contribution in [1.82, 2.24) is 0 Å². The number of rotatable bonds is 3. The van der Waals surface area contributed by atoms with Crippen LogP contribution in [0.25, 0.3) is 0 Å². The monoisotopic (exact) mass is 453 g/mol. The molecule has 0 aliphatic rings. The van der Waals surface area contributed by atoms with Crippen LogP contribution in [0.3, 0.4) is 0 Å². The Hall–Kier alpha value is -1.70. The van der Waals surface area contributed by atoms with Crippen LogP contribution in [-0.4, -0.2) is 13.0 Å². The Balaban J connectivity index is 0.000000177. The van der Waals surface area contributed by atoms with Crippen molar-refractivity contribution in [3.05, 3.63) is 97.6 Å². The zero-order valence-corrected chi connectivity index (χ0v) is 16.1. The van der Waals surface area contributed by atoms with Crippen LogP contribution in [0.2, 0.25) is 0 Å². The minimum Gasteiger partial charge on any atom is -0.282 e. The molecule has 0 aromatic heterocycles. The van der Waals surface area contributed by atoms with Crippen molar-refractivity contribution in [3.63, 3.8) is 0 Å². The van der Waals surface area contributed by atoms with E-state index >= 15 is 0 Å². The third-order valence-corrected chi connectivity index (χ3v) is 6.75. The van der Waals surface area contributed by atoms with Gasteiger partial charge in [0.1, 0.15) is 0 Å². The van der Waals surface area contributed by atoms with E-state index in [1.165, 1.54) is 13.2 Å². The van der Waals surface area contributed by atoms with E-state index in [2.05, 4.69) is 60.7 Å². The van der Waals surface area contributed by atoms with Gasteiger partial charge in [0.05, 0.1) is 4.90 Å². The molecule has 0 heterocycles. The van der Waals surface area contributed by atoms with Gasteiger partial charge in [0.25, 0.3) is 10.1 Å². The summed E-state index contributed by atoms with van der Waals surface area (Å²) >= 11 is 0.0287. The number of benzene rings is 3. The molecule has 3 rings (SSSR count). The van der Waals surface area contributed by atoms with E-state index in [-0.39, 0.29) is 26.1 Å². The standard InChI is InChI=1S/C12H10I.C7H8O3S/c1-3-7-11(8-4-1)13-12-9-5-2-6-10-12;1-6-4-2-3-5-7(6)11(8,9)10/h1-10H;2-5H,1H3,(H,8,9,10)/q+1;. The van der Waals surface area contributed by atoms with Crippen molar-refractivity contribution in [2.75, 3.05) is 0 Å². The molecule has 3 aromatic carbocycles. The molecule has 0 saturated carbocycles.